The lowest BCUT2D eigenvalue weighted by atomic mass is 10.1. The second-order valence-electron chi connectivity index (χ2n) is 6.11. The fourth-order valence-corrected chi connectivity index (χ4v) is 2.63. The van der Waals surface area contributed by atoms with Crippen molar-refractivity contribution in [1.29, 1.82) is 0 Å². The van der Waals surface area contributed by atoms with Gasteiger partial charge in [-0.05, 0) is 30.7 Å². The van der Waals surface area contributed by atoms with Gasteiger partial charge >= 0.3 is 6.18 Å². The molecule has 8 heteroatoms. The van der Waals surface area contributed by atoms with Crippen LogP contribution in [0.5, 0.6) is 5.88 Å². The van der Waals surface area contributed by atoms with E-state index in [1.165, 1.54) is 29.1 Å². The highest BCUT2D eigenvalue weighted by Gasteiger charge is 2.34. The van der Waals surface area contributed by atoms with Gasteiger partial charge in [-0.25, -0.2) is 9.67 Å². The summed E-state index contributed by atoms with van der Waals surface area (Å²) >= 11 is 0. The molecule has 0 atom stereocenters. The number of hydrogen-bond acceptors (Lipinski definition) is 3. The molecule has 5 nitrogen and oxygen atoms in total. The average molecular weight is 401 g/mol. The summed E-state index contributed by atoms with van der Waals surface area (Å²) in [6, 6.07) is 15.2. The van der Waals surface area contributed by atoms with Crippen molar-refractivity contribution in [2.24, 2.45) is 4.99 Å². The number of alkyl halides is 3. The van der Waals surface area contributed by atoms with Crippen molar-refractivity contribution in [3.8, 4) is 11.6 Å². The topological polar surface area (TPSA) is 56.5 Å². The molecule has 2 aromatic carbocycles. The van der Waals surface area contributed by atoms with Crippen LogP contribution in [0.2, 0.25) is 0 Å². The molecule has 0 bridgehead atoms. The molecule has 0 saturated heterocycles. The van der Waals surface area contributed by atoms with E-state index in [-0.39, 0.29) is 5.36 Å². The van der Waals surface area contributed by atoms with E-state index < -0.39 is 23.2 Å². The maximum absolute atomic E-state index is 13.2. The van der Waals surface area contributed by atoms with Crippen LogP contribution in [0.1, 0.15) is 29.3 Å². The van der Waals surface area contributed by atoms with Gasteiger partial charge in [0.2, 0.25) is 5.88 Å². The van der Waals surface area contributed by atoms with Gasteiger partial charge in [-0.2, -0.15) is 18.3 Å². The summed E-state index contributed by atoms with van der Waals surface area (Å²) in [7, 11) is 0. The normalized spacial score (nSPS) is 12.1. The summed E-state index contributed by atoms with van der Waals surface area (Å²) in [6.45, 7) is 2.34. The number of amides is 1. The van der Waals surface area contributed by atoms with Crippen molar-refractivity contribution >= 4 is 5.91 Å². The zero-order valence-corrected chi connectivity index (χ0v) is 15.6. The number of carbonyl (C=O) groups is 1. The van der Waals surface area contributed by atoms with Crippen molar-refractivity contribution in [2.75, 3.05) is 6.61 Å². The first-order valence-corrected chi connectivity index (χ1v) is 8.93. The van der Waals surface area contributed by atoms with Crippen LogP contribution in [-0.2, 0) is 6.18 Å². The molecule has 0 fully saturated rings. The third kappa shape index (κ3) is 4.90. The quantitative estimate of drug-likeness (QED) is 0.636. The summed E-state index contributed by atoms with van der Waals surface area (Å²) in [5, 5.41) is 4.35. The standard InChI is InChI=1S/C21H18F3N3O2/c1-2-12-29-19-13-15(14-25-27(19)16-8-4-3-5-9-16)26-20(28)17-10-6-7-11-18(17)21(22,23)24/h3-11,13-14H,2,12H2,1H3/b26-15+. The molecule has 1 amide bonds. The molecule has 0 unspecified atom stereocenters. The van der Waals surface area contributed by atoms with Crippen LogP contribution >= 0.6 is 0 Å². The minimum absolute atomic E-state index is 0.102. The molecule has 0 aliphatic heterocycles. The van der Waals surface area contributed by atoms with Crippen molar-refractivity contribution in [1.82, 2.24) is 9.78 Å². The van der Waals surface area contributed by atoms with E-state index in [9.17, 15) is 18.0 Å². The number of halogens is 3. The summed E-state index contributed by atoms with van der Waals surface area (Å²) in [4.78, 5) is 16.2. The smallest absolute Gasteiger partial charge is 0.417 e. The Morgan fingerprint density at radius 2 is 1.79 bits per heavy atom. The first-order valence-electron chi connectivity index (χ1n) is 8.93. The number of para-hydroxylation sites is 1. The number of hydrogen-bond donors (Lipinski definition) is 0. The van der Waals surface area contributed by atoms with E-state index in [4.69, 9.17) is 4.74 Å². The van der Waals surface area contributed by atoms with Gasteiger partial charge in [-0.15, -0.1) is 0 Å². The molecule has 1 aromatic heterocycles. The highest BCUT2D eigenvalue weighted by Crippen LogP contribution is 2.32. The van der Waals surface area contributed by atoms with Crippen LogP contribution < -0.4 is 10.1 Å². The predicted octanol–water partition coefficient (Wildman–Crippen LogP) is 4.42. The SMILES string of the molecule is CCCOc1c/c(=N\C(=O)c2ccccc2C(F)(F)F)cnn1-c1ccccc1. The molecule has 1 heterocycles. The van der Waals surface area contributed by atoms with Gasteiger partial charge in [-0.3, -0.25) is 4.79 Å². The van der Waals surface area contributed by atoms with Gasteiger partial charge in [0.15, 0.2) is 0 Å². The highest BCUT2D eigenvalue weighted by molar-refractivity contribution is 5.96. The van der Waals surface area contributed by atoms with Crippen LogP contribution in [0.3, 0.4) is 0 Å². The monoisotopic (exact) mass is 401 g/mol. The largest absolute Gasteiger partial charge is 0.478 e. The molecule has 29 heavy (non-hydrogen) atoms. The molecule has 0 saturated carbocycles. The molecule has 0 aliphatic carbocycles. The van der Waals surface area contributed by atoms with Gasteiger partial charge in [0.25, 0.3) is 5.91 Å². The average Bonchev–Trinajstić information content (AvgIpc) is 2.72. The Labute approximate surface area is 165 Å². The van der Waals surface area contributed by atoms with Gasteiger partial charge in [0, 0.05) is 6.07 Å². The summed E-state index contributed by atoms with van der Waals surface area (Å²) in [6.07, 6.45) is -2.60. The number of aromatic nitrogens is 2. The van der Waals surface area contributed by atoms with Crippen molar-refractivity contribution in [2.45, 2.75) is 19.5 Å². The van der Waals surface area contributed by atoms with Gasteiger partial charge in [0.05, 0.1) is 35.0 Å². The summed E-state index contributed by atoms with van der Waals surface area (Å²) in [5.41, 5.74) is -0.811. The van der Waals surface area contributed by atoms with Crippen molar-refractivity contribution in [3.63, 3.8) is 0 Å². The second kappa shape index (κ2) is 8.72. The Morgan fingerprint density at radius 1 is 1.10 bits per heavy atom. The molecule has 3 rings (SSSR count). The number of carbonyl (C=O) groups excluding carboxylic acids is 1. The summed E-state index contributed by atoms with van der Waals surface area (Å²) in [5.74, 6) is -0.671. The third-order valence-electron chi connectivity index (χ3n) is 3.93. The van der Waals surface area contributed by atoms with Gasteiger partial charge in [0.1, 0.15) is 0 Å². The molecule has 0 aliphatic rings. The van der Waals surface area contributed by atoms with E-state index in [1.807, 2.05) is 37.3 Å². The third-order valence-corrected chi connectivity index (χ3v) is 3.93. The molecule has 150 valence electrons. The number of rotatable bonds is 5. The van der Waals surface area contributed by atoms with Crippen molar-refractivity contribution in [3.05, 3.63) is 83.3 Å². The Hall–Kier alpha value is -3.42. The lowest BCUT2D eigenvalue weighted by Crippen LogP contribution is -2.17. The lowest BCUT2D eigenvalue weighted by Gasteiger charge is -2.13. The van der Waals surface area contributed by atoms with Crippen molar-refractivity contribution < 1.29 is 22.7 Å². The molecule has 0 spiro atoms. The maximum atomic E-state index is 13.2. The van der Waals surface area contributed by atoms with Gasteiger partial charge in [-0.1, -0.05) is 37.3 Å². The summed E-state index contributed by atoms with van der Waals surface area (Å²) < 4.78 is 46.7. The molecule has 0 N–H and O–H groups in total. The van der Waals surface area contributed by atoms with Gasteiger partial charge < -0.3 is 4.74 Å². The zero-order valence-electron chi connectivity index (χ0n) is 15.6. The number of ether oxygens (including phenoxy) is 1. The van der Waals surface area contributed by atoms with E-state index in [1.54, 1.807) is 0 Å². The van der Waals surface area contributed by atoms with Crippen LogP contribution in [-0.4, -0.2) is 22.3 Å². The first-order chi connectivity index (χ1) is 13.9. The van der Waals surface area contributed by atoms with E-state index in [0.29, 0.717) is 12.5 Å². The molecular formula is C21H18F3N3O2. The number of benzene rings is 2. The van der Waals surface area contributed by atoms with E-state index >= 15 is 0 Å². The van der Waals surface area contributed by atoms with Crippen LogP contribution in [0, 0.1) is 0 Å². The van der Waals surface area contributed by atoms with E-state index in [2.05, 4.69) is 10.1 Å². The molecule has 0 radical (unpaired) electrons. The van der Waals surface area contributed by atoms with Crippen LogP contribution in [0.25, 0.3) is 5.69 Å². The Bertz CT molecular complexity index is 1060. The first kappa shape index (κ1) is 20.3. The maximum Gasteiger partial charge on any atom is 0.417 e. The second-order valence-corrected chi connectivity index (χ2v) is 6.11. The zero-order chi connectivity index (χ0) is 20.9. The predicted molar refractivity (Wildman–Crippen MR) is 101 cm³/mol. The highest BCUT2D eigenvalue weighted by atomic mass is 19.4. The molecular weight excluding hydrogens is 383 g/mol. The van der Waals surface area contributed by atoms with Crippen LogP contribution in [0.4, 0.5) is 13.2 Å². The fourth-order valence-electron chi connectivity index (χ4n) is 2.63. The van der Waals surface area contributed by atoms with E-state index in [0.717, 1.165) is 24.2 Å². The Kier molecular flexibility index (Phi) is 6.11. The fraction of sp³-hybridized carbons (Fsp3) is 0.190. The Balaban J connectivity index is 2.03. The van der Waals surface area contributed by atoms with Crippen LogP contribution in [0.15, 0.2) is 71.9 Å². The Morgan fingerprint density at radius 3 is 2.48 bits per heavy atom. The minimum Gasteiger partial charge on any atom is -0.478 e. The molecule has 3 aromatic rings. The number of nitrogens with zero attached hydrogens (tertiary/aromatic N) is 3. The lowest BCUT2D eigenvalue weighted by molar-refractivity contribution is -0.137. The minimum atomic E-state index is -4.65.